The predicted octanol–water partition coefficient (Wildman–Crippen LogP) is 3.48. The summed E-state index contributed by atoms with van der Waals surface area (Å²) in [6.07, 6.45) is 1.04. The van der Waals surface area contributed by atoms with E-state index in [4.69, 9.17) is 9.73 Å². The van der Waals surface area contributed by atoms with Gasteiger partial charge in [-0.1, -0.05) is 42.5 Å². The predicted molar refractivity (Wildman–Crippen MR) is 93.1 cm³/mol. The highest BCUT2D eigenvalue weighted by molar-refractivity contribution is 6.14. The normalized spacial score (nSPS) is 11.7. The molecule has 0 heterocycles. The number of hydrogen-bond acceptors (Lipinski definition) is 3. The first-order valence-electron chi connectivity index (χ1n) is 7.60. The number of methoxy groups -OCH3 is 1. The van der Waals surface area contributed by atoms with Crippen LogP contribution in [0, 0.1) is 0 Å². The minimum Gasteiger partial charge on any atom is -0.496 e. The van der Waals surface area contributed by atoms with Crippen LogP contribution < -0.4 is 4.74 Å². The van der Waals surface area contributed by atoms with Gasteiger partial charge >= 0.3 is 0 Å². The fourth-order valence-electron chi connectivity index (χ4n) is 2.35. The maximum atomic E-state index is 5.50. The van der Waals surface area contributed by atoms with Crippen molar-refractivity contribution in [2.75, 3.05) is 34.3 Å². The molecule has 2 aromatic carbocycles. The van der Waals surface area contributed by atoms with E-state index >= 15 is 0 Å². The van der Waals surface area contributed by atoms with Gasteiger partial charge in [0.1, 0.15) is 5.75 Å². The van der Waals surface area contributed by atoms with Crippen molar-refractivity contribution in [3.8, 4) is 5.75 Å². The van der Waals surface area contributed by atoms with Crippen LogP contribution >= 0.6 is 0 Å². The quantitative estimate of drug-likeness (QED) is 0.577. The third-order valence-electron chi connectivity index (χ3n) is 3.44. The number of hydrogen-bond donors (Lipinski definition) is 0. The highest BCUT2D eigenvalue weighted by Crippen LogP contribution is 2.22. The molecule has 0 aromatic heterocycles. The van der Waals surface area contributed by atoms with Gasteiger partial charge in [0.15, 0.2) is 0 Å². The first kappa shape index (κ1) is 16.2. The Morgan fingerprint density at radius 1 is 1.00 bits per heavy atom. The van der Waals surface area contributed by atoms with Gasteiger partial charge in [-0.2, -0.15) is 0 Å². The monoisotopic (exact) mass is 296 g/mol. The fraction of sp³-hybridized carbons (Fsp3) is 0.316. The molecule has 0 radical (unpaired) electrons. The summed E-state index contributed by atoms with van der Waals surface area (Å²) >= 11 is 0. The summed E-state index contributed by atoms with van der Waals surface area (Å²) in [4.78, 5) is 7.04. The minimum absolute atomic E-state index is 0.806. The maximum Gasteiger partial charge on any atom is 0.128 e. The van der Waals surface area contributed by atoms with Gasteiger partial charge in [-0.3, -0.25) is 4.99 Å². The summed E-state index contributed by atoms with van der Waals surface area (Å²) in [5, 5.41) is 0. The highest BCUT2D eigenvalue weighted by atomic mass is 16.5. The molecule has 0 atom stereocenters. The molecule has 3 heteroatoms. The van der Waals surface area contributed by atoms with E-state index in [0.717, 1.165) is 42.1 Å². The van der Waals surface area contributed by atoms with Crippen molar-refractivity contribution in [3.05, 3.63) is 65.7 Å². The van der Waals surface area contributed by atoms with Crippen LogP contribution in [-0.2, 0) is 0 Å². The van der Waals surface area contributed by atoms with E-state index in [2.05, 4.69) is 37.2 Å². The summed E-state index contributed by atoms with van der Waals surface area (Å²) < 4.78 is 5.50. The van der Waals surface area contributed by atoms with Gasteiger partial charge in [-0.25, -0.2) is 0 Å². The van der Waals surface area contributed by atoms with E-state index in [-0.39, 0.29) is 0 Å². The van der Waals surface area contributed by atoms with Gasteiger partial charge in [0.05, 0.1) is 12.8 Å². The molecule has 0 spiro atoms. The Hall–Kier alpha value is -2.13. The Labute approximate surface area is 133 Å². The number of aliphatic imine (C=N–C) groups is 1. The Kier molecular flexibility index (Phi) is 6.16. The second-order valence-corrected chi connectivity index (χ2v) is 5.45. The van der Waals surface area contributed by atoms with Crippen LogP contribution in [0.2, 0.25) is 0 Å². The second-order valence-electron chi connectivity index (χ2n) is 5.45. The lowest BCUT2D eigenvalue weighted by atomic mass is 10.0. The average Bonchev–Trinajstić information content (AvgIpc) is 2.55. The molecule has 0 aliphatic rings. The molecule has 2 aromatic rings. The van der Waals surface area contributed by atoms with E-state index < -0.39 is 0 Å². The summed E-state index contributed by atoms with van der Waals surface area (Å²) in [7, 11) is 5.87. The van der Waals surface area contributed by atoms with Gasteiger partial charge in [0, 0.05) is 17.7 Å². The molecule has 0 bridgehead atoms. The Morgan fingerprint density at radius 3 is 2.36 bits per heavy atom. The standard InChI is InChI=1S/C19H24N2O/c1-21(2)15-9-14-20-19(16-10-5-4-6-11-16)17-12-7-8-13-18(17)22-3/h4-8,10-13H,9,14-15H2,1-3H3. The molecule has 3 nitrogen and oxygen atoms in total. The molecule has 2 rings (SSSR count). The Bertz CT molecular complexity index is 606. The summed E-state index contributed by atoms with van der Waals surface area (Å²) in [6, 6.07) is 18.3. The number of rotatable bonds is 7. The lowest BCUT2D eigenvalue weighted by Gasteiger charge is -2.12. The third-order valence-corrected chi connectivity index (χ3v) is 3.44. The molecule has 0 amide bonds. The molecular formula is C19H24N2O. The van der Waals surface area contributed by atoms with Gasteiger partial charge < -0.3 is 9.64 Å². The van der Waals surface area contributed by atoms with Crippen molar-refractivity contribution in [1.82, 2.24) is 4.90 Å². The third kappa shape index (κ3) is 4.43. The molecule has 116 valence electrons. The number of benzene rings is 2. The SMILES string of the molecule is COc1ccccc1C(=NCCCN(C)C)c1ccccc1. The van der Waals surface area contributed by atoms with E-state index in [1.807, 2.05) is 36.4 Å². The smallest absolute Gasteiger partial charge is 0.128 e. The molecule has 0 N–H and O–H groups in total. The van der Waals surface area contributed by atoms with Gasteiger partial charge in [0.25, 0.3) is 0 Å². The van der Waals surface area contributed by atoms with Crippen LogP contribution in [0.4, 0.5) is 0 Å². The molecule has 22 heavy (non-hydrogen) atoms. The summed E-state index contributed by atoms with van der Waals surface area (Å²) in [5.74, 6) is 0.859. The second kappa shape index (κ2) is 8.35. The minimum atomic E-state index is 0.806. The van der Waals surface area contributed by atoms with E-state index in [0.29, 0.717) is 0 Å². The van der Waals surface area contributed by atoms with Crippen molar-refractivity contribution in [3.63, 3.8) is 0 Å². The Morgan fingerprint density at radius 2 is 1.68 bits per heavy atom. The zero-order valence-corrected chi connectivity index (χ0v) is 13.6. The topological polar surface area (TPSA) is 24.8 Å². The molecule has 0 aliphatic heterocycles. The van der Waals surface area contributed by atoms with Crippen LogP contribution in [-0.4, -0.2) is 44.9 Å². The molecular weight excluding hydrogens is 272 g/mol. The first-order chi connectivity index (χ1) is 10.7. The molecule has 0 unspecified atom stereocenters. The molecule has 0 saturated carbocycles. The zero-order chi connectivity index (χ0) is 15.8. The highest BCUT2D eigenvalue weighted by Gasteiger charge is 2.11. The van der Waals surface area contributed by atoms with Gasteiger partial charge in [0.2, 0.25) is 0 Å². The van der Waals surface area contributed by atoms with Gasteiger partial charge in [-0.05, 0) is 39.2 Å². The molecule has 0 saturated heterocycles. The van der Waals surface area contributed by atoms with Crippen LogP contribution in [0.25, 0.3) is 0 Å². The lowest BCUT2D eigenvalue weighted by molar-refractivity contribution is 0.403. The molecule has 0 aliphatic carbocycles. The maximum absolute atomic E-state index is 5.50. The van der Waals surface area contributed by atoms with E-state index in [1.165, 1.54) is 0 Å². The van der Waals surface area contributed by atoms with E-state index in [9.17, 15) is 0 Å². The molecule has 0 fully saturated rings. The van der Waals surface area contributed by atoms with Crippen molar-refractivity contribution in [2.45, 2.75) is 6.42 Å². The average molecular weight is 296 g/mol. The van der Waals surface area contributed by atoms with Crippen LogP contribution in [0.1, 0.15) is 17.5 Å². The summed E-state index contributed by atoms with van der Waals surface area (Å²) in [6.45, 7) is 1.85. The Balaban J connectivity index is 2.31. The van der Waals surface area contributed by atoms with Crippen molar-refractivity contribution >= 4 is 5.71 Å². The first-order valence-corrected chi connectivity index (χ1v) is 7.60. The van der Waals surface area contributed by atoms with Crippen molar-refractivity contribution in [2.24, 2.45) is 4.99 Å². The lowest BCUT2D eigenvalue weighted by Crippen LogP contribution is -2.14. The van der Waals surface area contributed by atoms with Crippen molar-refractivity contribution in [1.29, 1.82) is 0 Å². The summed E-state index contributed by atoms with van der Waals surface area (Å²) in [5.41, 5.74) is 3.16. The van der Waals surface area contributed by atoms with Crippen LogP contribution in [0.5, 0.6) is 5.75 Å². The van der Waals surface area contributed by atoms with Crippen molar-refractivity contribution < 1.29 is 4.74 Å². The van der Waals surface area contributed by atoms with Crippen LogP contribution in [0.15, 0.2) is 59.6 Å². The number of nitrogens with zero attached hydrogens (tertiary/aromatic N) is 2. The number of ether oxygens (including phenoxy) is 1. The van der Waals surface area contributed by atoms with E-state index in [1.54, 1.807) is 7.11 Å². The van der Waals surface area contributed by atoms with Crippen LogP contribution in [0.3, 0.4) is 0 Å². The largest absolute Gasteiger partial charge is 0.496 e. The number of para-hydroxylation sites is 1. The zero-order valence-electron chi connectivity index (χ0n) is 13.6. The fourth-order valence-corrected chi connectivity index (χ4v) is 2.35. The van der Waals surface area contributed by atoms with Gasteiger partial charge in [-0.15, -0.1) is 0 Å².